The summed E-state index contributed by atoms with van der Waals surface area (Å²) in [5, 5.41) is 0. The molecule has 4 nitrogen and oxygen atoms in total. The molecule has 134 valence electrons. The lowest BCUT2D eigenvalue weighted by Gasteiger charge is -2.41. The molecule has 4 heteroatoms. The quantitative estimate of drug-likeness (QED) is 0.443. The zero-order valence-electron chi connectivity index (χ0n) is 15.7. The lowest BCUT2D eigenvalue weighted by Crippen LogP contribution is -2.37. The first-order valence-corrected chi connectivity index (χ1v) is 8.93. The van der Waals surface area contributed by atoms with E-state index in [1.165, 1.54) is 6.42 Å². The minimum absolute atomic E-state index is 0.175. The molecule has 0 heterocycles. The Hall–Kier alpha value is -0.160. The second kappa shape index (κ2) is 9.86. The van der Waals surface area contributed by atoms with E-state index in [4.69, 9.17) is 22.9 Å². The van der Waals surface area contributed by atoms with Crippen molar-refractivity contribution in [3.8, 4) is 0 Å². The van der Waals surface area contributed by atoms with Gasteiger partial charge in [-0.3, -0.25) is 0 Å². The molecule has 0 amide bonds. The maximum atomic E-state index is 5.99. The summed E-state index contributed by atoms with van der Waals surface area (Å²) in [6.07, 6.45) is 4.41. The average molecular weight is 315 g/mol. The number of hydrogen-bond acceptors (Lipinski definition) is 4. The van der Waals surface area contributed by atoms with Gasteiger partial charge in [-0.05, 0) is 80.4 Å². The molecule has 0 radical (unpaired) electrons. The molecule has 0 saturated heterocycles. The van der Waals surface area contributed by atoms with Crippen molar-refractivity contribution in [1.29, 1.82) is 0 Å². The summed E-state index contributed by atoms with van der Waals surface area (Å²) in [5.41, 5.74) is 24.0. The minimum atomic E-state index is 0.175. The molecular weight excluding hydrogens is 272 g/mol. The van der Waals surface area contributed by atoms with Gasteiger partial charge in [0.15, 0.2) is 0 Å². The van der Waals surface area contributed by atoms with Crippen molar-refractivity contribution in [2.45, 2.75) is 60.3 Å². The second-order valence-corrected chi connectivity index (χ2v) is 8.60. The smallest absolute Gasteiger partial charge is 0.00257 e. The van der Waals surface area contributed by atoms with E-state index >= 15 is 0 Å². The zero-order chi connectivity index (χ0) is 17.4. The molecule has 0 aromatic rings. The van der Waals surface area contributed by atoms with Crippen LogP contribution in [-0.4, -0.2) is 26.2 Å². The third kappa shape index (κ3) is 7.40. The van der Waals surface area contributed by atoms with Crippen molar-refractivity contribution in [2.75, 3.05) is 26.2 Å². The molecule has 0 spiro atoms. The standard InChI is InChI=1S/C18H42N4/c1-14(12-21)16(18(4,5)7-9-20)10-15(6-8-19)11-17(2,3)13-22/h14-16H,6-13,19-22H2,1-5H3. The van der Waals surface area contributed by atoms with Gasteiger partial charge < -0.3 is 22.9 Å². The van der Waals surface area contributed by atoms with Gasteiger partial charge in [0.25, 0.3) is 0 Å². The Bertz CT molecular complexity index is 289. The summed E-state index contributed by atoms with van der Waals surface area (Å²) in [5.74, 6) is 1.69. The van der Waals surface area contributed by atoms with Crippen LogP contribution in [0.15, 0.2) is 0 Å². The molecule has 8 N–H and O–H groups in total. The Morgan fingerprint density at radius 3 is 1.91 bits per heavy atom. The minimum Gasteiger partial charge on any atom is -0.330 e. The largest absolute Gasteiger partial charge is 0.330 e. The summed E-state index contributed by atoms with van der Waals surface area (Å²) in [4.78, 5) is 0. The highest BCUT2D eigenvalue weighted by molar-refractivity contribution is 4.86. The van der Waals surface area contributed by atoms with Gasteiger partial charge in [-0.1, -0.05) is 34.6 Å². The molecule has 0 bridgehead atoms. The van der Waals surface area contributed by atoms with E-state index in [2.05, 4.69) is 34.6 Å². The van der Waals surface area contributed by atoms with Crippen LogP contribution in [0.25, 0.3) is 0 Å². The molecule has 3 atom stereocenters. The van der Waals surface area contributed by atoms with Gasteiger partial charge >= 0.3 is 0 Å². The fraction of sp³-hybridized carbons (Fsp3) is 1.00. The SMILES string of the molecule is CC(CN)C(CC(CCN)CC(C)(C)CN)C(C)(C)CCN. The Labute approximate surface area is 138 Å². The summed E-state index contributed by atoms with van der Waals surface area (Å²) in [6, 6.07) is 0. The molecule has 22 heavy (non-hydrogen) atoms. The molecule has 0 aromatic carbocycles. The maximum Gasteiger partial charge on any atom is -0.00257 e. The lowest BCUT2D eigenvalue weighted by atomic mass is 9.65. The molecular formula is C18H42N4. The van der Waals surface area contributed by atoms with Crippen LogP contribution in [0.1, 0.15) is 60.3 Å². The predicted molar refractivity (Wildman–Crippen MR) is 98.4 cm³/mol. The van der Waals surface area contributed by atoms with Gasteiger partial charge in [0, 0.05) is 0 Å². The molecule has 0 fully saturated rings. The first-order valence-electron chi connectivity index (χ1n) is 8.93. The van der Waals surface area contributed by atoms with E-state index in [0.717, 1.165) is 45.4 Å². The highest BCUT2D eigenvalue weighted by atomic mass is 14.6. The van der Waals surface area contributed by atoms with Crippen molar-refractivity contribution in [2.24, 2.45) is 51.5 Å². The number of rotatable bonds is 12. The first kappa shape index (κ1) is 21.8. The Balaban J connectivity index is 5.12. The van der Waals surface area contributed by atoms with E-state index < -0.39 is 0 Å². The number of hydrogen-bond donors (Lipinski definition) is 4. The molecule has 0 saturated carbocycles. The van der Waals surface area contributed by atoms with Crippen LogP contribution in [0.4, 0.5) is 0 Å². The van der Waals surface area contributed by atoms with Crippen LogP contribution >= 0.6 is 0 Å². The van der Waals surface area contributed by atoms with E-state index in [0.29, 0.717) is 17.8 Å². The van der Waals surface area contributed by atoms with Crippen molar-refractivity contribution in [1.82, 2.24) is 0 Å². The third-order valence-corrected chi connectivity index (χ3v) is 5.41. The highest BCUT2D eigenvalue weighted by Crippen LogP contribution is 2.42. The van der Waals surface area contributed by atoms with Crippen molar-refractivity contribution in [3.63, 3.8) is 0 Å². The van der Waals surface area contributed by atoms with E-state index in [1.54, 1.807) is 0 Å². The van der Waals surface area contributed by atoms with Crippen LogP contribution in [0.3, 0.4) is 0 Å². The molecule has 3 unspecified atom stereocenters. The number of nitrogens with two attached hydrogens (primary N) is 4. The van der Waals surface area contributed by atoms with Gasteiger partial charge in [-0.2, -0.15) is 0 Å². The second-order valence-electron chi connectivity index (χ2n) is 8.60. The Kier molecular flexibility index (Phi) is 9.79. The maximum absolute atomic E-state index is 5.99. The molecule has 0 aliphatic heterocycles. The topological polar surface area (TPSA) is 104 Å². The van der Waals surface area contributed by atoms with Gasteiger partial charge in [0.05, 0.1) is 0 Å². The van der Waals surface area contributed by atoms with Crippen LogP contribution < -0.4 is 22.9 Å². The fourth-order valence-corrected chi connectivity index (χ4v) is 3.81. The van der Waals surface area contributed by atoms with Crippen molar-refractivity contribution in [3.05, 3.63) is 0 Å². The molecule has 0 aliphatic rings. The van der Waals surface area contributed by atoms with Gasteiger partial charge in [0.1, 0.15) is 0 Å². The van der Waals surface area contributed by atoms with Gasteiger partial charge in [0.2, 0.25) is 0 Å². The van der Waals surface area contributed by atoms with E-state index in [-0.39, 0.29) is 10.8 Å². The third-order valence-electron chi connectivity index (χ3n) is 5.41. The average Bonchev–Trinajstić information content (AvgIpc) is 2.43. The summed E-state index contributed by atoms with van der Waals surface area (Å²) in [7, 11) is 0. The zero-order valence-corrected chi connectivity index (χ0v) is 15.7. The Morgan fingerprint density at radius 1 is 0.909 bits per heavy atom. The van der Waals surface area contributed by atoms with Gasteiger partial charge in [-0.15, -0.1) is 0 Å². The van der Waals surface area contributed by atoms with Gasteiger partial charge in [-0.25, -0.2) is 0 Å². The monoisotopic (exact) mass is 314 g/mol. The van der Waals surface area contributed by atoms with Crippen molar-refractivity contribution < 1.29 is 0 Å². The normalized spacial score (nSPS) is 17.3. The predicted octanol–water partition coefficient (Wildman–Crippen LogP) is 2.30. The van der Waals surface area contributed by atoms with Crippen LogP contribution in [-0.2, 0) is 0 Å². The summed E-state index contributed by atoms with van der Waals surface area (Å²) in [6.45, 7) is 14.4. The molecule has 0 rings (SSSR count). The summed E-state index contributed by atoms with van der Waals surface area (Å²) >= 11 is 0. The first-order chi connectivity index (χ1) is 10.1. The van der Waals surface area contributed by atoms with Crippen molar-refractivity contribution >= 4 is 0 Å². The fourth-order valence-electron chi connectivity index (χ4n) is 3.81. The molecule has 0 aliphatic carbocycles. The Morgan fingerprint density at radius 2 is 1.50 bits per heavy atom. The molecule has 0 aromatic heterocycles. The van der Waals surface area contributed by atoms with E-state index in [1.807, 2.05) is 0 Å². The highest BCUT2D eigenvalue weighted by Gasteiger charge is 2.35. The van der Waals surface area contributed by atoms with Crippen LogP contribution in [0.2, 0.25) is 0 Å². The van der Waals surface area contributed by atoms with Crippen LogP contribution in [0, 0.1) is 28.6 Å². The van der Waals surface area contributed by atoms with Crippen LogP contribution in [0.5, 0.6) is 0 Å². The van der Waals surface area contributed by atoms with E-state index in [9.17, 15) is 0 Å². The summed E-state index contributed by atoms with van der Waals surface area (Å²) < 4.78 is 0. The lowest BCUT2D eigenvalue weighted by molar-refractivity contribution is 0.0961.